The summed E-state index contributed by atoms with van der Waals surface area (Å²) in [5, 5.41) is 10.9. The summed E-state index contributed by atoms with van der Waals surface area (Å²) >= 11 is 0. The second kappa shape index (κ2) is 8.11. The normalized spacial score (nSPS) is 14.4. The molecule has 0 fully saturated rings. The van der Waals surface area contributed by atoms with Gasteiger partial charge >= 0.3 is 5.97 Å². The number of benzene rings is 4. The Labute approximate surface area is 199 Å². The van der Waals surface area contributed by atoms with Crippen LogP contribution in [0.25, 0.3) is 16.3 Å². The molecule has 3 heteroatoms. The van der Waals surface area contributed by atoms with Crippen molar-refractivity contribution in [3.8, 4) is 0 Å². The number of hydrogen-bond donors (Lipinski definition) is 1. The SMILES string of the molecule is Cc1ccc(C2=CCC(C)(C)c3cc(C(=O)c4ccc5cc(C(=O)O)ccc5c4)ccc32)cc1. The van der Waals surface area contributed by atoms with Gasteiger partial charge in [0.05, 0.1) is 5.56 Å². The van der Waals surface area contributed by atoms with Crippen molar-refractivity contribution in [2.24, 2.45) is 0 Å². The van der Waals surface area contributed by atoms with Crippen molar-refractivity contribution >= 4 is 28.1 Å². The van der Waals surface area contributed by atoms with Crippen molar-refractivity contribution in [3.63, 3.8) is 0 Å². The second-order valence-electron chi connectivity index (χ2n) is 9.74. The van der Waals surface area contributed by atoms with E-state index in [9.17, 15) is 14.7 Å². The Balaban J connectivity index is 1.53. The van der Waals surface area contributed by atoms with Gasteiger partial charge in [-0.2, -0.15) is 0 Å². The fourth-order valence-corrected chi connectivity index (χ4v) is 4.75. The van der Waals surface area contributed by atoms with Crippen LogP contribution < -0.4 is 0 Å². The lowest BCUT2D eigenvalue weighted by Crippen LogP contribution is -2.22. The molecule has 4 aromatic rings. The standard InChI is InChI=1S/C31H26O3/c1-19-4-6-20(7-5-19)26-14-15-31(2,3)28-18-24(12-13-27(26)28)29(32)23-10-8-22-17-25(30(33)34)11-9-21(22)16-23/h4-14,16-18H,15H2,1-3H3,(H,33,34). The predicted molar refractivity (Wildman–Crippen MR) is 137 cm³/mol. The predicted octanol–water partition coefficient (Wildman–Crippen LogP) is 7.19. The van der Waals surface area contributed by atoms with Crippen LogP contribution in [-0.2, 0) is 5.41 Å². The summed E-state index contributed by atoms with van der Waals surface area (Å²) in [6, 6.07) is 25.0. The molecule has 34 heavy (non-hydrogen) atoms. The van der Waals surface area contributed by atoms with Gasteiger partial charge < -0.3 is 5.11 Å². The topological polar surface area (TPSA) is 54.4 Å². The number of allylic oxidation sites excluding steroid dienone is 1. The number of hydrogen-bond acceptors (Lipinski definition) is 2. The largest absolute Gasteiger partial charge is 0.478 e. The number of aryl methyl sites for hydroxylation is 1. The molecule has 0 radical (unpaired) electrons. The molecule has 0 heterocycles. The van der Waals surface area contributed by atoms with Crippen LogP contribution >= 0.6 is 0 Å². The van der Waals surface area contributed by atoms with E-state index in [0.717, 1.165) is 17.2 Å². The van der Waals surface area contributed by atoms with Gasteiger partial charge in [0.25, 0.3) is 0 Å². The van der Waals surface area contributed by atoms with E-state index in [1.165, 1.54) is 27.8 Å². The number of ketones is 1. The van der Waals surface area contributed by atoms with Crippen LogP contribution in [0.3, 0.4) is 0 Å². The average molecular weight is 447 g/mol. The first-order valence-electron chi connectivity index (χ1n) is 11.5. The third-order valence-electron chi connectivity index (χ3n) is 6.83. The summed E-state index contributed by atoms with van der Waals surface area (Å²) < 4.78 is 0. The van der Waals surface area contributed by atoms with E-state index < -0.39 is 5.97 Å². The Morgan fingerprint density at radius 2 is 1.35 bits per heavy atom. The summed E-state index contributed by atoms with van der Waals surface area (Å²) in [6.07, 6.45) is 3.21. The Morgan fingerprint density at radius 1 is 0.765 bits per heavy atom. The second-order valence-corrected chi connectivity index (χ2v) is 9.74. The highest BCUT2D eigenvalue weighted by atomic mass is 16.4. The monoisotopic (exact) mass is 446 g/mol. The lowest BCUT2D eigenvalue weighted by Gasteiger charge is -2.32. The Morgan fingerprint density at radius 3 is 2.03 bits per heavy atom. The molecule has 0 bridgehead atoms. The molecule has 0 aromatic heterocycles. The first kappa shape index (κ1) is 21.8. The molecule has 4 aromatic carbocycles. The Bertz CT molecular complexity index is 1490. The maximum atomic E-state index is 13.4. The fraction of sp³-hybridized carbons (Fsp3) is 0.161. The lowest BCUT2D eigenvalue weighted by atomic mass is 9.71. The zero-order valence-electron chi connectivity index (χ0n) is 19.6. The van der Waals surface area contributed by atoms with E-state index in [2.05, 4.69) is 63.2 Å². The minimum atomic E-state index is -0.960. The van der Waals surface area contributed by atoms with Crippen molar-refractivity contribution in [1.82, 2.24) is 0 Å². The molecule has 0 amide bonds. The molecule has 0 unspecified atom stereocenters. The van der Waals surface area contributed by atoms with Crippen molar-refractivity contribution < 1.29 is 14.7 Å². The third-order valence-corrected chi connectivity index (χ3v) is 6.83. The minimum absolute atomic E-state index is 0.0331. The van der Waals surface area contributed by atoms with E-state index in [-0.39, 0.29) is 16.8 Å². The molecule has 0 atom stereocenters. The Hall–Kier alpha value is -3.98. The van der Waals surface area contributed by atoms with Crippen molar-refractivity contribution in [3.05, 3.63) is 124 Å². The molecule has 1 N–H and O–H groups in total. The van der Waals surface area contributed by atoms with Gasteiger partial charge in [-0.3, -0.25) is 4.79 Å². The van der Waals surface area contributed by atoms with Crippen molar-refractivity contribution in [1.29, 1.82) is 0 Å². The summed E-state index contributed by atoms with van der Waals surface area (Å²) in [6.45, 7) is 6.53. The molecule has 0 spiro atoms. The van der Waals surface area contributed by atoms with Gasteiger partial charge in [0.2, 0.25) is 0 Å². The van der Waals surface area contributed by atoms with E-state index in [1.54, 1.807) is 24.3 Å². The van der Waals surface area contributed by atoms with Crippen molar-refractivity contribution in [2.45, 2.75) is 32.6 Å². The minimum Gasteiger partial charge on any atom is -0.478 e. The van der Waals surface area contributed by atoms with Gasteiger partial charge in [-0.05, 0) is 76.1 Å². The number of carbonyl (C=O) groups excluding carboxylic acids is 1. The average Bonchev–Trinajstić information content (AvgIpc) is 2.83. The molecule has 168 valence electrons. The molecule has 1 aliphatic carbocycles. The zero-order chi connectivity index (χ0) is 24.0. The summed E-state index contributed by atoms with van der Waals surface area (Å²) in [7, 11) is 0. The van der Waals surface area contributed by atoms with Crippen LogP contribution in [0, 0.1) is 6.92 Å². The quantitative estimate of drug-likeness (QED) is 0.338. The van der Waals surface area contributed by atoms with Crippen LogP contribution in [0.1, 0.15) is 68.8 Å². The van der Waals surface area contributed by atoms with Crippen LogP contribution in [0.2, 0.25) is 0 Å². The molecule has 5 rings (SSSR count). The maximum Gasteiger partial charge on any atom is 0.335 e. The van der Waals surface area contributed by atoms with Crippen LogP contribution in [-0.4, -0.2) is 16.9 Å². The number of carbonyl (C=O) groups is 2. The van der Waals surface area contributed by atoms with E-state index in [0.29, 0.717) is 11.1 Å². The highest BCUT2D eigenvalue weighted by molar-refractivity contribution is 6.11. The van der Waals surface area contributed by atoms with E-state index in [1.807, 2.05) is 18.2 Å². The summed E-state index contributed by atoms with van der Waals surface area (Å²) in [4.78, 5) is 24.7. The molecule has 0 aliphatic heterocycles. The van der Waals surface area contributed by atoms with Gasteiger partial charge in [0.1, 0.15) is 0 Å². The molecule has 0 saturated carbocycles. The molecule has 0 saturated heterocycles. The molecular formula is C31H26O3. The number of aromatic carboxylic acids is 1. The van der Waals surface area contributed by atoms with Crippen molar-refractivity contribution in [2.75, 3.05) is 0 Å². The fourth-order valence-electron chi connectivity index (χ4n) is 4.75. The highest BCUT2D eigenvalue weighted by Gasteiger charge is 2.29. The summed E-state index contributed by atoms with van der Waals surface area (Å²) in [5.74, 6) is -0.993. The van der Waals surface area contributed by atoms with Gasteiger partial charge in [-0.15, -0.1) is 0 Å². The molecular weight excluding hydrogens is 420 g/mol. The number of carboxylic acids is 1. The van der Waals surface area contributed by atoms with Gasteiger partial charge in [-0.25, -0.2) is 4.79 Å². The first-order valence-corrected chi connectivity index (χ1v) is 11.5. The highest BCUT2D eigenvalue weighted by Crippen LogP contribution is 2.42. The third kappa shape index (κ3) is 3.84. The zero-order valence-corrected chi connectivity index (χ0v) is 19.6. The number of carboxylic acid groups (broad SMARTS) is 1. The summed E-state index contributed by atoms with van der Waals surface area (Å²) in [5.41, 5.74) is 7.43. The van der Waals surface area contributed by atoms with E-state index >= 15 is 0 Å². The Kier molecular flexibility index (Phi) is 5.21. The first-order chi connectivity index (χ1) is 16.2. The number of fused-ring (bicyclic) bond motifs is 2. The van der Waals surface area contributed by atoms with Crippen LogP contribution in [0.4, 0.5) is 0 Å². The van der Waals surface area contributed by atoms with E-state index in [4.69, 9.17) is 0 Å². The van der Waals surface area contributed by atoms with Crippen LogP contribution in [0.5, 0.6) is 0 Å². The molecule has 1 aliphatic rings. The number of rotatable bonds is 4. The smallest absolute Gasteiger partial charge is 0.335 e. The molecule has 3 nitrogen and oxygen atoms in total. The van der Waals surface area contributed by atoms with Gasteiger partial charge in [0.15, 0.2) is 5.78 Å². The van der Waals surface area contributed by atoms with Gasteiger partial charge in [-0.1, -0.05) is 80.1 Å². The maximum absolute atomic E-state index is 13.4. The van der Waals surface area contributed by atoms with Crippen LogP contribution in [0.15, 0.2) is 84.9 Å². The lowest BCUT2D eigenvalue weighted by molar-refractivity contribution is 0.0697. The van der Waals surface area contributed by atoms with Gasteiger partial charge in [0, 0.05) is 11.1 Å².